The highest BCUT2D eigenvalue weighted by Crippen LogP contribution is 2.29. The molecule has 7 nitrogen and oxygen atoms in total. The van der Waals surface area contributed by atoms with Crippen molar-refractivity contribution in [2.24, 2.45) is 16.6 Å². The van der Waals surface area contributed by atoms with E-state index in [2.05, 4.69) is 15.0 Å². The second kappa shape index (κ2) is 5.94. The van der Waals surface area contributed by atoms with Crippen molar-refractivity contribution in [2.75, 3.05) is 0 Å². The van der Waals surface area contributed by atoms with Crippen molar-refractivity contribution >= 4 is 29.0 Å². The van der Waals surface area contributed by atoms with Gasteiger partial charge in [-0.3, -0.25) is 19.8 Å². The number of nitrogens with two attached hydrogens (primary N) is 1. The first-order valence-corrected chi connectivity index (χ1v) is 7.96. The van der Waals surface area contributed by atoms with Crippen LogP contribution in [0.1, 0.15) is 28.8 Å². The summed E-state index contributed by atoms with van der Waals surface area (Å²) in [6.07, 6.45) is 9.55. The third-order valence-electron chi connectivity index (χ3n) is 4.20. The van der Waals surface area contributed by atoms with Gasteiger partial charge in [0.15, 0.2) is 12.1 Å². The Balaban J connectivity index is 1.71. The number of hydrogen-bond donors (Lipinski definition) is 2. The van der Waals surface area contributed by atoms with Gasteiger partial charge in [-0.2, -0.15) is 0 Å². The Morgan fingerprint density at radius 3 is 2.92 bits per heavy atom. The minimum Gasteiger partial charge on any atom is -0.387 e. The molecule has 0 radical (unpaired) electrons. The van der Waals surface area contributed by atoms with Gasteiger partial charge in [-0.1, -0.05) is 0 Å². The predicted molar refractivity (Wildman–Crippen MR) is 95.4 cm³/mol. The van der Waals surface area contributed by atoms with E-state index in [-0.39, 0.29) is 5.84 Å². The van der Waals surface area contributed by atoms with Gasteiger partial charge >= 0.3 is 0 Å². The third kappa shape index (κ3) is 2.91. The summed E-state index contributed by atoms with van der Waals surface area (Å²) in [4.78, 5) is 23.6. The summed E-state index contributed by atoms with van der Waals surface area (Å²) in [5.41, 5.74) is 8.51. The van der Waals surface area contributed by atoms with E-state index in [1.54, 1.807) is 18.5 Å². The molecule has 25 heavy (non-hydrogen) atoms. The van der Waals surface area contributed by atoms with Gasteiger partial charge in [-0.25, -0.2) is 9.98 Å². The van der Waals surface area contributed by atoms with Crippen LogP contribution in [0.3, 0.4) is 0 Å². The Morgan fingerprint density at radius 1 is 1.32 bits per heavy atom. The van der Waals surface area contributed by atoms with Crippen molar-refractivity contribution < 1.29 is 4.79 Å². The Labute approximate surface area is 143 Å². The number of pyridine rings is 2. The van der Waals surface area contributed by atoms with E-state index in [0.717, 1.165) is 35.8 Å². The minimum absolute atomic E-state index is 0.103. The zero-order chi connectivity index (χ0) is 17.4. The van der Waals surface area contributed by atoms with Crippen LogP contribution in [0.4, 0.5) is 0 Å². The van der Waals surface area contributed by atoms with Crippen LogP contribution >= 0.6 is 0 Å². The molecular formula is C18H16N6O. The Bertz CT molecular complexity index is 1020. The molecule has 0 amide bonds. The van der Waals surface area contributed by atoms with Crippen LogP contribution in [-0.2, 0) is 0 Å². The Kier molecular flexibility index (Phi) is 3.61. The quantitative estimate of drug-likeness (QED) is 0.434. The van der Waals surface area contributed by atoms with Crippen LogP contribution < -0.4 is 5.73 Å². The van der Waals surface area contributed by atoms with Gasteiger partial charge in [0.1, 0.15) is 11.5 Å². The van der Waals surface area contributed by atoms with Crippen LogP contribution in [0.15, 0.2) is 48.0 Å². The first-order valence-electron chi connectivity index (χ1n) is 7.96. The number of nitrogens with one attached hydrogen (secondary N) is 1. The standard InChI is InChI=1S/C18H16N6O/c19-16(12-1-2-12)23-17(20)14-6-15(9-21-8-14)24-4-3-13-5-11(10-25)7-22-18(13)24/h3-10,12H,1-2H2,(H3,19,20,23). The average Bonchev–Trinajstić information content (AvgIpc) is 3.41. The fraction of sp³-hybridized carbons (Fsp3) is 0.167. The first-order chi connectivity index (χ1) is 12.2. The summed E-state index contributed by atoms with van der Waals surface area (Å²) in [5, 5.41) is 9.01. The van der Waals surface area contributed by atoms with Gasteiger partial charge in [0.2, 0.25) is 0 Å². The van der Waals surface area contributed by atoms with Crippen LogP contribution in [0.2, 0.25) is 0 Å². The molecule has 3 aromatic heterocycles. The molecule has 7 heteroatoms. The molecule has 3 aromatic rings. The van der Waals surface area contributed by atoms with Crippen LogP contribution in [-0.4, -0.2) is 32.5 Å². The number of nitrogens with zero attached hydrogens (tertiary/aromatic N) is 4. The molecule has 1 aliphatic rings. The number of fused-ring (bicyclic) bond motifs is 1. The van der Waals surface area contributed by atoms with Crippen molar-refractivity contribution in [1.29, 1.82) is 5.41 Å². The van der Waals surface area contributed by atoms with Gasteiger partial charge in [-0.05, 0) is 31.0 Å². The van der Waals surface area contributed by atoms with Crippen molar-refractivity contribution in [3.05, 3.63) is 54.1 Å². The lowest BCUT2D eigenvalue weighted by molar-refractivity contribution is 0.112. The molecule has 4 rings (SSSR count). The van der Waals surface area contributed by atoms with Gasteiger partial charge in [-0.15, -0.1) is 0 Å². The lowest BCUT2D eigenvalue weighted by Crippen LogP contribution is -2.16. The second-order valence-corrected chi connectivity index (χ2v) is 6.08. The number of hydrogen-bond acceptors (Lipinski definition) is 4. The second-order valence-electron chi connectivity index (χ2n) is 6.08. The fourth-order valence-corrected chi connectivity index (χ4v) is 2.67. The van der Waals surface area contributed by atoms with Crippen LogP contribution in [0.5, 0.6) is 0 Å². The lowest BCUT2D eigenvalue weighted by atomic mass is 10.2. The SMILES string of the molecule is N=C(N=C(N)C1CC1)c1cncc(-n2ccc3cc(C=O)cnc32)c1. The number of carbonyl (C=O) groups excluding carboxylic acids is 1. The largest absolute Gasteiger partial charge is 0.387 e. The fourth-order valence-electron chi connectivity index (χ4n) is 2.67. The zero-order valence-electron chi connectivity index (χ0n) is 13.4. The molecule has 1 fully saturated rings. The summed E-state index contributed by atoms with van der Waals surface area (Å²) < 4.78 is 1.86. The van der Waals surface area contributed by atoms with Crippen molar-refractivity contribution in [1.82, 2.24) is 14.5 Å². The van der Waals surface area contributed by atoms with Crippen molar-refractivity contribution in [3.8, 4) is 5.69 Å². The van der Waals surface area contributed by atoms with E-state index in [1.807, 2.05) is 22.9 Å². The molecule has 124 valence electrons. The summed E-state index contributed by atoms with van der Waals surface area (Å²) in [6.45, 7) is 0. The highest BCUT2D eigenvalue weighted by molar-refractivity contribution is 6.05. The number of rotatable bonds is 4. The molecule has 0 spiro atoms. The van der Waals surface area contributed by atoms with Crippen LogP contribution in [0, 0.1) is 11.3 Å². The van der Waals surface area contributed by atoms with E-state index >= 15 is 0 Å². The number of aromatic nitrogens is 3. The molecule has 1 saturated carbocycles. The van der Waals surface area contributed by atoms with E-state index in [4.69, 9.17) is 11.1 Å². The Hall–Kier alpha value is -3.35. The summed E-state index contributed by atoms with van der Waals surface area (Å²) in [6, 6.07) is 5.50. The summed E-state index contributed by atoms with van der Waals surface area (Å²) in [7, 11) is 0. The molecule has 0 aromatic carbocycles. The average molecular weight is 332 g/mol. The highest BCUT2D eigenvalue weighted by Gasteiger charge is 2.25. The number of aliphatic imine (C=N–C) groups is 1. The molecule has 3 N–H and O–H groups in total. The summed E-state index contributed by atoms with van der Waals surface area (Å²) in [5.74, 6) is 0.942. The molecule has 0 unspecified atom stereocenters. The first kappa shape index (κ1) is 15.2. The van der Waals surface area contributed by atoms with E-state index in [1.165, 1.54) is 6.20 Å². The summed E-state index contributed by atoms with van der Waals surface area (Å²) >= 11 is 0. The van der Waals surface area contributed by atoms with Crippen molar-refractivity contribution in [2.45, 2.75) is 12.8 Å². The predicted octanol–water partition coefficient (Wildman–Crippen LogP) is 2.33. The zero-order valence-corrected chi connectivity index (χ0v) is 13.4. The molecule has 3 heterocycles. The Morgan fingerprint density at radius 2 is 2.16 bits per heavy atom. The normalized spacial score (nSPS) is 14.6. The van der Waals surface area contributed by atoms with Gasteiger partial charge in [0.05, 0.1) is 11.9 Å². The number of aldehydes is 1. The topological polar surface area (TPSA) is 110 Å². The van der Waals surface area contributed by atoms with Gasteiger partial charge < -0.3 is 5.73 Å². The molecule has 0 aliphatic heterocycles. The van der Waals surface area contributed by atoms with Gasteiger partial charge in [0.25, 0.3) is 0 Å². The molecule has 1 aliphatic carbocycles. The number of amidine groups is 2. The molecule has 0 saturated heterocycles. The number of carbonyl (C=O) groups is 1. The molecule has 0 bridgehead atoms. The third-order valence-corrected chi connectivity index (χ3v) is 4.20. The highest BCUT2D eigenvalue weighted by atomic mass is 16.1. The maximum atomic E-state index is 10.9. The lowest BCUT2D eigenvalue weighted by Gasteiger charge is -2.07. The maximum absolute atomic E-state index is 10.9. The maximum Gasteiger partial charge on any atom is 0.155 e. The molecular weight excluding hydrogens is 316 g/mol. The monoisotopic (exact) mass is 332 g/mol. The van der Waals surface area contributed by atoms with Crippen LogP contribution in [0.25, 0.3) is 16.7 Å². The molecule has 0 atom stereocenters. The van der Waals surface area contributed by atoms with E-state index in [0.29, 0.717) is 22.9 Å². The minimum atomic E-state index is 0.103. The van der Waals surface area contributed by atoms with E-state index < -0.39 is 0 Å². The van der Waals surface area contributed by atoms with Crippen molar-refractivity contribution in [3.63, 3.8) is 0 Å². The van der Waals surface area contributed by atoms with Gasteiger partial charge in [0, 0.05) is 41.0 Å². The van der Waals surface area contributed by atoms with E-state index in [9.17, 15) is 4.79 Å². The smallest absolute Gasteiger partial charge is 0.155 e.